The third kappa shape index (κ3) is 4.98. The third-order valence-corrected chi connectivity index (χ3v) is 3.22. The molecule has 1 aliphatic rings. The lowest BCUT2D eigenvalue weighted by Crippen LogP contribution is -2.22. The zero-order chi connectivity index (χ0) is 14.9. The van der Waals surface area contributed by atoms with Gasteiger partial charge in [0.2, 0.25) is 17.8 Å². The van der Waals surface area contributed by atoms with E-state index >= 15 is 0 Å². The van der Waals surface area contributed by atoms with Crippen molar-refractivity contribution in [1.82, 2.24) is 15.0 Å². The van der Waals surface area contributed by atoms with Crippen LogP contribution in [0, 0.1) is 0 Å². The summed E-state index contributed by atoms with van der Waals surface area (Å²) < 4.78 is 5.21. The van der Waals surface area contributed by atoms with E-state index in [4.69, 9.17) is 9.84 Å². The fourth-order valence-electron chi connectivity index (χ4n) is 2.16. The van der Waals surface area contributed by atoms with Crippen molar-refractivity contribution in [3.05, 3.63) is 0 Å². The molecule has 0 spiro atoms. The minimum absolute atomic E-state index is 0.0611. The molecule has 0 aromatic carbocycles. The molecule has 0 aliphatic carbocycles. The van der Waals surface area contributed by atoms with Gasteiger partial charge >= 0.3 is 0 Å². The molecule has 1 saturated heterocycles. The van der Waals surface area contributed by atoms with Crippen LogP contribution in [0.15, 0.2) is 0 Å². The van der Waals surface area contributed by atoms with E-state index < -0.39 is 0 Å². The van der Waals surface area contributed by atoms with Gasteiger partial charge in [0.05, 0.1) is 13.2 Å². The third-order valence-electron chi connectivity index (χ3n) is 3.22. The van der Waals surface area contributed by atoms with Crippen LogP contribution in [0.25, 0.3) is 0 Å². The van der Waals surface area contributed by atoms with Crippen molar-refractivity contribution in [2.24, 2.45) is 0 Å². The summed E-state index contributed by atoms with van der Waals surface area (Å²) in [6.45, 7) is 3.78. The van der Waals surface area contributed by atoms with Gasteiger partial charge in [0, 0.05) is 33.3 Å². The normalized spacial score (nSPS) is 14.5. The van der Waals surface area contributed by atoms with Crippen LogP contribution < -0.4 is 15.5 Å². The number of ether oxygens (including phenoxy) is 1. The molecule has 0 unspecified atom stereocenters. The summed E-state index contributed by atoms with van der Waals surface area (Å²) in [5.41, 5.74) is 0. The zero-order valence-electron chi connectivity index (χ0n) is 12.5. The summed E-state index contributed by atoms with van der Waals surface area (Å²) in [4.78, 5) is 15.4. The molecule has 1 aliphatic heterocycles. The molecule has 118 valence electrons. The topological polar surface area (TPSA) is 95.4 Å². The number of aliphatic hydroxyl groups excluding tert-OH is 1. The molecule has 0 bridgehead atoms. The van der Waals surface area contributed by atoms with Gasteiger partial charge in [-0.1, -0.05) is 0 Å². The van der Waals surface area contributed by atoms with Crippen LogP contribution in [0.2, 0.25) is 0 Å². The molecule has 0 atom stereocenters. The lowest BCUT2D eigenvalue weighted by molar-refractivity contribution is 0.0921. The van der Waals surface area contributed by atoms with E-state index in [0.717, 1.165) is 32.0 Å². The molecule has 2 rings (SSSR count). The standard InChI is InChI=1S/C13H24N6O2/c1-14-11-16-12(15-5-4-9-21-10-8-20)18-13(17-11)19-6-2-3-7-19/h20H,2-10H2,1H3,(H2,14,15,16,17,18). The van der Waals surface area contributed by atoms with Gasteiger partial charge in [-0.15, -0.1) is 0 Å². The highest BCUT2D eigenvalue weighted by molar-refractivity contribution is 5.43. The minimum Gasteiger partial charge on any atom is -0.394 e. The lowest BCUT2D eigenvalue weighted by Gasteiger charge is -2.16. The van der Waals surface area contributed by atoms with E-state index in [1.54, 1.807) is 7.05 Å². The Bertz CT molecular complexity index is 425. The molecule has 1 aromatic rings. The SMILES string of the molecule is CNc1nc(NCCCOCCO)nc(N2CCCC2)n1. The molecule has 8 nitrogen and oxygen atoms in total. The number of hydrogen-bond donors (Lipinski definition) is 3. The van der Waals surface area contributed by atoms with Gasteiger partial charge in [-0.2, -0.15) is 15.0 Å². The Morgan fingerprint density at radius 3 is 2.62 bits per heavy atom. The second-order valence-corrected chi connectivity index (χ2v) is 4.84. The first-order chi connectivity index (χ1) is 10.3. The van der Waals surface area contributed by atoms with Crippen LogP contribution in [0.5, 0.6) is 0 Å². The van der Waals surface area contributed by atoms with Gasteiger partial charge in [-0.3, -0.25) is 0 Å². The van der Waals surface area contributed by atoms with Crippen molar-refractivity contribution in [3.8, 4) is 0 Å². The highest BCUT2D eigenvalue weighted by Gasteiger charge is 2.16. The molecule has 3 N–H and O–H groups in total. The van der Waals surface area contributed by atoms with E-state index in [-0.39, 0.29) is 6.61 Å². The Hall–Kier alpha value is -1.67. The Morgan fingerprint density at radius 2 is 1.90 bits per heavy atom. The van der Waals surface area contributed by atoms with Crippen LogP contribution in [0.1, 0.15) is 19.3 Å². The average Bonchev–Trinajstić information content (AvgIpc) is 3.05. The number of aromatic nitrogens is 3. The van der Waals surface area contributed by atoms with Gasteiger partial charge < -0.3 is 25.4 Å². The van der Waals surface area contributed by atoms with Gasteiger partial charge in [0.25, 0.3) is 0 Å². The second-order valence-electron chi connectivity index (χ2n) is 4.84. The van der Waals surface area contributed by atoms with Crippen LogP contribution >= 0.6 is 0 Å². The summed E-state index contributed by atoms with van der Waals surface area (Å²) >= 11 is 0. The molecule has 1 aromatic heterocycles. The maximum atomic E-state index is 8.61. The summed E-state index contributed by atoms with van der Waals surface area (Å²) in [5, 5.41) is 14.8. The predicted octanol–water partition coefficient (Wildman–Crippen LogP) is 0.324. The van der Waals surface area contributed by atoms with Crippen molar-refractivity contribution >= 4 is 17.8 Å². The molecule has 8 heteroatoms. The van der Waals surface area contributed by atoms with Crippen LogP contribution in [0.4, 0.5) is 17.8 Å². The Kier molecular flexibility index (Phi) is 6.42. The summed E-state index contributed by atoms with van der Waals surface area (Å²) in [6.07, 6.45) is 3.21. The Labute approximate surface area is 125 Å². The molecular formula is C13H24N6O2. The molecule has 21 heavy (non-hydrogen) atoms. The predicted molar refractivity (Wildman–Crippen MR) is 81.8 cm³/mol. The van der Waals surface area contributed by atoms with Gasteiger partial charge in [-0.05, 0) is 19.3 Å². The Morgan fingerprint density at radius 1 is 1.14 bits per heavy atom. The van der Waals surface area contributed by atoms with Gasteiger partial charge in [0.1, 0.15) is 0 Å². The minimum atomic E-state index is 0.0611. The molecule has 1 fully saturated rings. The summed E-state index contributed by atoms with van der Waals surface area (Å²) in [5.74, 6) is 1.88. The first kappa shape index (κ1) is 15.7. The van der Waals surface area contributed by atoms with Crippen LogP contribution in [-0.4, -0.2) is 66.6 Å². The highest BCUT2D eigenvalue weighted by atomic mass is 16.5. The van der Waals surface area contributed by atoms with Crippen molar-refractivity contribution < 1.29 is 9.84 Å². The number of aliphatic hydroxyl groups is 1. The van der Waals surface area contributed by atoms with E-state index in [0.29, 0.717) is 25.1 Å². The molecule has 0 radical (unpaired) electrons. The van der Waals surface area contributed by atoms with E-state index in [1.165, 1.54) is 12.8 Å². The average molecular weight is 296 g/mol. The molecule has 2 heterocycles. The van der Waals surface area contributed by atoms with Crippen molar-refractivity contribution in [2.45, 2.75) is 19.3 Å². The fraction of sp³-hybridized carbons (Fsp3) is 0.769. The van der Waals surface area contributed by atoms with Gasteiger partial charge in [-0.25, -0.2) is 0 Å². The number of nitrogens with zero attached hydrogens (tertiary/aromatic N) is 4. The monoisotopic (exact) mass is 296 g/mol. The van der Waals surface area contributed by atoms with Crippen LogP contribution in [0.3, 0.4) is 0 Å². The second kappa shape index (κ2) is 8.58. The number of hydrogen-bond acceptors (Lipinski definition) is 8. The number of anilines is 3. The highest BCUT2D eigenvalue weighted by Crippen LogP contribution is 2.18. The van der Waals surface area contributed by atoms with Crippen molar-refractivity contribution in [1.29, 1.82) is 0 Å². The van der Waals surface area contributed by atoms with E-state index in [2.05, 4.69) is 30.5 Å². The summed E-state index contributed by atoms with van der Waals surface area (Å²) in [7, 11) is 1.80. The maximum Gasteiger partial charge on any atom is 0.231 e. The van der Waals surface area contributed by atoms with Crippen LogP contribution in [-0.2, 0) is 4.74 Å². The number of nitrogens with one attached hydrogen (secondary N) is 2. The zero-order valence-corrected chi connectivity index (χ0v) is 12.5. The summed E-state index contributed by atoms with van der Waals surface area (Å²) in [6, 6.07) is 0. The van der Waals surface area contributed by atoms with E-state index in [9.17, 15) is 0 Å². The van der Waals surface area contributed by atoms with Crippen molar-refractivity contribution in [3.63, 3.8) is 0 Å². The molecule has 0 saturated carbocycles. The smallest absolute Gasteiger partial charge is 0.231 e. The maximum absolute atomic E-state index is 8.61. The first-order valence-corrected chi connectivity index (χ1v) is 7.44. The largest absolute Gasteiger partial charge is 0.394 e. The quantitative estimate of drug-likeness (QED) is 0.561. The van der Waals surface area contributed by atoms with E-state index in [1.807, 2.05) is 0 Å². The Balaban J connectivity index is 1.87. The van der Waals surface area contributed by atoms with Gasteiger partial charge in [0.15, 0.2) is 0 Å². The molecular weight excluding hydrogens is 272 g/mol. The number of rotatable bonds is 9. The fourth-order valence-corrected chi connectivity index (χ4v) is 2.16. The molecule has 0 amide bonds. The van der Waals surface area contributed by atoms with Crippen molar-refractivity contribution in [2.75, 3.05) is 62.0 Å². The lowest BCUT2D eigenvalue weighted by atomic mass is 10.4. The first-order valence-electron chi connectivity index (χ1n) is 7.44.